The number of Topliss-reactive ketones (excluding diaryl/α,β-unsaturated/α-hetero) is 1. The van der Waals surface area contributed by atoms with Crippen molar-refractivity contribution >= 4 is 17.1 Å². The van der Waals surface area contributed by atoms with E-state index >= 15 is 0 Å². The average Bonchev–Trinajstić information content (AvgIpc) is 3.08. The van der Waals surface area contributed by atoms with Crippen LogP contribution in [0.2, 0.25) is 0 Å². The lowest BCUT2D eigenvalue weighted by atomic mass is 10.1. The van der Waals surface area contributed by atoms with E-state index in [1.54, 1.807) is 29.6 Å². The Morgan fingerprint density at radius 1 is 1.15 bits per heavy atom. The summed E-state index contributed by atoms with van der Waals surface area (Å²) in [7, 11) is 0. The van der Waals surface area contributed by atoms with E-state index in [0.717, 1.165) is 12.1 Å². The van der Waals surface area contributed by atoms with Gasteiger partial charge in [-0.15, -0.1) is 11.3 Å². The molecule has 0 N–H and O–H groups in total. The second kappa shape index (κ2) is 7.29. The number of thiazole rings is 1. The van der Waals surface area contributed by atoms with E-state index in [9.17, 15) is 18.0 Å². The predicted molar refractivity (Wildman–Crippen MR) is 93.3 cm³/mol. The molecule has 134 valence electrons. The SMILES string of the molecule is CC(=O)c1cccc(OCc2csc(-c3ccc(C(F)(F)F)cc3)n2)c1. The molecule has 0 radical (unpaired) electrons. The first kappa shape index (κ1) is 18.1. The minimum atomic E-state index is -4.35. The number of carbonyl (C=O) groups is 1. The lowest BCUT2D eigenvalue weighted by Gasteiger charge is -2.06. The molecular formula is C19H14F3NO2S. The summed E-state index contributed by atoms with van der Waals surface area (Å²) in [6.45, 7) is 1.69. The van der Waals surface area contributed by atoms with Gasteiger partial charge in [0.15, 0.2) is 5.78 Å². The lowest BCUT2D eigenvalue weighted by molar-refractivity contribution is -0.137. The van der Waals surface area contributed by atoms with Crippen LogP contribution in [0.25, 0.3) is 10.6 Å². The first-order valence-corrected chi connectivity index (χ1v) is 8.57. The maximum atomic E-state index is 12.6. The smallest absolute Gasteiger partial charge is 0.416 e. The number of carbonyl (C=O) groups excluding carboxylic acids is 1. The van der Waals surface area contributed by atoms with Crippen molar-refractivity contribution in [2.24, 2.45) is 0 Å². The second-order valence-corrected chi connectivity index (χ2v) is 6.45. The summed E-state index contributed by atoms with van der Waals surface area (Å²) >= 11 is 1.33. The van der Waals surface area contributed by atoms with Gasteiger partial charge in [-0.1, -0.05) is 24.3 Å². The number of ketones is 1. The Hall–Kier alpha value is -2.67. The highest BCUT2D eigenvalue weighted by Gasteiger charge is 2.30. The first-order chi connectivity index (χ1) is 12.3. The maximum Gasteiger partial charge on any atom is 0.416 e. The quantitative estimate of drug-likeness (QED) is 0.543. The van der Waals surface area contributed by atoms with Crippen molar-refractivity contribution in [3.8, 4) is 16.3 Å². The molecule has 3 nitrogen and oxygen atoms in total. The Bertz CT molecular complexity index is 917. The number of nitrogens with zero attached hydrogens (tertiary/aromatic N) is 1. The van der Waals surface area contributed by atoms with E-state index in [2.05, 4.69) is 4.98 Å². The number of aromatic nitrogens is 1. The summed E-state index contributed by atoms with van der Waals surface area (Å²) in [6.07, 6.45) is -4.35. The molecule has 26 heavy (non-hydrogen) atoms. The normalized spacial score (nSPS) is 11.4. The van der Waals surface area contributed by atoms with Gasteiger partial charge in [0, 0.05) is 16.5 Å². The van der Waals surface area contributed by atoms with Gasteiger partial charge in [0.2, 0.25) is 0 Å². The molecule has 0 amide bonds. The van der Waals surface area contributed by atoms with Gasteiger partial charge in [0.1, 0.15) is 17.4 Å². The topological polar surface area (TPSA) is 39.2 Å². The third kappa shape index (κ3) is 4.29. The van der Waals surface area contributed by atoms with E-state index in [-0.39, 0.29) is 12.4 Å². The Balaban J connectivity index is 1.68. The standard InChI is InChI=1S/C19H14F3NO2S/c1-12(24)14-3-2-4-17(9-14)25-10-16-11-26-18(23-16)13-5-7-15(8-6-13)19(20,21)22/h2-9,11H,10H2,1H3. The third-order valence-electron chi connectivity index (χ3n) is 3.64. The summed E-state index contributed by atoms with van der Waals surface area (Å²) in [4.78, 5) is 15.8. The number of hydrogen-bond acceptors (Lipinski definition) is 4. The zero-order chi connectivity index (χ0) is 18.7. The van der Waals surface area contributed by atoms with Crippen LogP contribution in [-0.4, -0.2) is 10.8 Å². The zero-order valence-corrected chi connectivity index (χ0v) is 14.5. The van der Waals surface area contributed by atoms with Crippen LogP contribution in [0.1, 0.15) is 28.5 Å². The Morgan fingerprint density at radius 3 is 2.54 bits per heavy atom. The van der Waals surface area contributed by atoms with Crippen LogP contribution in [0.15, 0.2) is 53.9 Å². The van der Waals surface area contributed by atoms with Gasteiger partial charge in [-0.3, -0.25) is 4.79 Å². The predicted octanol–water partition coefficient (Wildman–Crippen LogP) is 5.61. The lowest BCUT2D eigenvalue weighted by Crippen LogP contribution is -2.04. The van der Waals surface area contributed by atoms with E-state index in [1.807, 2.05) is 0 Å². The Labute approximate surface area is 152 Å². The molecule has 3 aromatic rings. The Morgan fingerprint density at radius 2 is 1.88 bits per heavy atom. The van der Waals surface area contributed by atoms with Gasteiger partial charge >= 0.3 is 6.18 Å². The number of halogens is 3. The van der Waals surface area contributed by atoms with E-state index in [0.29, 0.717) is 27.6 Å². The van der Waals surface area contributed by atoms with Crippen LogP contribution < -0.4 is 4.74 Å². The van der Waals surface area contributed by atoms with Crippen molar-refractivity contribution in [2.75, 3.05) is 0 Å². The van der Waals surface area contributed by atoms with Gasteiger partial charge in [0.25, 0.3) is 0 Å². The van der Waals surface area contributed by atoms with Crippen LogP contribution in [0.4, 0.5) is 13.2 Å². The van der Waals surface area contributed by atoms with Gasteiger partial charge in [-0.2, -0.15) is 13.2 Å². The molecule has 7 heteroatoms. The fourth-order valence-electron chi connectivity index (χ4n) is 2.27. The molecule has 0 aliphatic rings. The number of rotatable bonds is 5. The van der Waals surface area contributed by atoms with E-state index in [1.165, 1.54) is 30.4 Å². The summed E-state index contributed by atoms with van der Waals surface area (Å²) in [5.74, 6) is 0.510. The van der Waals surface area contributed by atoms with Crippen molar-refractivity contribution < 1.29 is 22.7 Å². The first-order valence-electron chi connectivity index (χ1n) is 7.69. The van der Waals surface area contributed by atoms with Crippen molar-refractivity contribution in [3.63, 3.8) is 0 Å². The van der Waals surface area contributed by atoms with Crippen molar-refractivity contribution in [1.82, 2.24) is 4.98 Å². The minimum absolute atomic E-state index is 0.0475. The molecule has 0 aliphatic carbocycles. The molecule has 0 fully saturated rings. The van der Waals surface area contributed by atoms with E-state index in [4.69, 9.17) is 4.74 Å². The fraction of sp³-hybridized carbons (Fsp3) is 0.158. The number of benzene rings is 2. The van der Waals surface area contributed by atoms with Crippen molar-refractivity contribution in [1.29, 1.82) is 0 Å². The number of hydrogen-bond donors (Lipinski definition) is 0. The van der Waals surface area contributed by atoms with Gasteiger partial charge in [-0.05, 0) is 31.2 Å². The van der Waals surface area contributed by atoms with Gasteiger partial charge in [0.05, 0.1) is 11.3 Å². The molecule has 0 unspecified atom stereocenters. The molecule has 0 saturated heterocycles. The molecular weight excluding hydrogens is 363 g/mol. The highest BCUT2D eigenvalue weighted by Crippen LogP contribution is 2.31. The number of alkyl halides is 3. The number of ether oxygens (including phenoxy) is 1. The minimum Gasteiger partial charge on any atom is -0.487 e. The molecule has 0 spiro atoms. The highest BCUT2D eigenvalue weighted by molar-refractivity contribution is 7.13. The zero-order valence-electron chi connectivity index (χ0n) is 13.7. The molecule has 0 bridgehead atoms. The van der Waals surface area contributed by atoms with Gasteiger partial charge < -0.3 is 4.74 Å². The summed E-state index contributed by atoms with van der Waals surface area (Å²) < 4.78 is 43.5. The maximum absolute atomic E-state index is 12.6. The molecule has 1 heterocycles. The molecule has 0 aliphatic heterocycles. The third-order valence-corrected chi connectivity index (χ3v) is 4.58. The van der Waals surface area contributed by atoms with Crippen LogP contribution in [0.3, 0.4) is 0 Å². The monoisotopic (exact) mass is 377 g/mol. The van der Waals surface area contributed by atoms with E-state index < -0.39 is 11.7 Å². The van der Waals surface area contributed by atoms with Crippen LogP contribution in [0.5, 0.6) is 5.75 Å². The molecule has 2 aromatic carbocycles. The molecule has 0 saturated carbocycles. The molecule has 0 atom stereocenters. The molecule has 1 aromatic heterocycles. The summed E-state index contributed by atoms with van der Waals surface area (Å²) in [5, 5.41) is 2.41. The average molecular weight is 377 g/mol. The van der Waals surface area contributed by atoms with Gasteiger partial charge in [-0.25, -0.2) is 4.98 Å². The Kier molecular flexibility index (Phi) is 5.08. The van der Waals surface area contributed by atoms with Crippen LogP contribution in [0, 0.1) is 0 Å². The van der Waals surface area contributed by atoms with Crippen LogP contribution in [-0.2, 0) is 12.8 Å². The highest BCUT2D eigenvalue weighted by atomic mass is 32.1. The van der Waals surface area contributed by atoms with Crippen molar-refractivity contribution in [3.05, 3.63) is 70.7 Å². The second-order valence-electron chi connectivity index (χ2n) is 5.59. The summed E-state index contributed by atoms with van der Waals surface area (Å²) in [5.41, 5.74) is 1.16. The largest absolute Gasteiger partial charge is 0.487 e. The summed E-state index contributed by atoms with van der Waals surface area (Å²) in [6, 6.07) is 11.7. The van der Waals surface area contributed by atoms with Crippen LogP contribution >= 0.6 is 11.3 Å². The fourth-order valence-corrected chi connectivity index (χ4v) is 3.08. The molecule has 3 rings (SSSR count). The van der Waals surface area contributed by atoms with Crippen molar-refractivity contribution in [2.45, 2.75) is 19.7 Å².